The molecule has 2 rings (SSSR count). The molecule has 0 atom stereocenters. The first-order chi connectivity index (χ1) is 9.95. The van der Waals surface area contributed by atoms with E-state index in [1.54, 1.807) is 24.3 Å². The lowest BCUT2D eigenvalue weighted by Gasteiger charge is -2.01. The molecule has 0 unspecified atom stereocenters. The molecule has 0 fully saturated rings. The van der Waals surface area contributed by atoms with Crippen molar-refractivity contribution in [1.29, 1.82) is 0 Å². The Bertz CT molecular complexity index is 701. The van der Waals surface area contributed by atoms with Gasteiger partial charge < -0.3 is 10.2 Å². The van der Waals surface area contributed by atoms with E-state index in [0.29, 0.717) is 15.5 Å². The van der Waals surface area contributed by atoms with Gasteiger partial charge in [0.25, 0.3) is 0 Å². The van der Waals surface area contributed by atoms with Gasteiger partial charge in [-0.15, -0.1) is 0 Å². The normalized spacial score (nSPS) is 11.4. The number of benzene rings is 2. The van der Waals surface area contributed by atoms with E-state index in [-0.39, 0.29) is 16.5 Å². The zero-order valence-corrected chi connectivity index (χ0v) is 12.1. The minimum absolute atomic E-state index is 0.109. The van der Waals surface area contributed by atoms with Crippen LogP contribution in [0.3, 0.4) is 0 Å². The summed E-state index contributed by atoms with van der Waals surface area (Å²) in [5, 5.41) is 30.2. The quantitative estimate of drug-likeness (QED) is 0.383. The smallest absolute Gasteiger partial charge is 0.308 e. The number of hydrogen-bond donors (Lipinski definition) is 2. The standard InChI is InChI=1S/C14H10ClNO4S/c15-10-2-4-11(5-3-10)21-14(16(19)20)8-9-1-6-12(17)13(18)7-9/h1-8,17-18H. The Hall–Kier alpha value is -2.18. The molecular formula is C14H10ClNO4S. The molecule has 0 saturated carbocycles. The Balaban J connectivity index is 2.29. The van der Waals surface area contributed by atoms with Gasteiger partial charge >= 0.3 is 5.03 Å². The predicted molar refractivity (Wildman–Crippen MR) is 82.1 cm³/mol. The highest BCUT2D eigenvalue weighted by Gasteiger charge is 2.14. The van der Waals surface area contributed by atoms with Gasteiger partial charge in [-0.2, -0.15) is 0 Å². The summed E-state index contributed by atoms with van der Waals surface area (Å²) >= 11 is 6.73. The third kappa shape index (κ3) is 4.14. The molecule has 0 radical (unpaired) electrons. The SMILES string of the molecule is O=[N+]([O-])C(=Cc1ccc(O)c(O)c1)Sc1ccc(Cl)cc1. The molecule has 2 N–H and O–H groups in total. The van der Waals surface area contributed by atoms with E-state index in [1.165, 1.54) is 24.3 Å². The highest BCUT2D eigenvalue weighted by atomic mass is 35.5. The number of halogens is 1. The van der Waals surface area contributed by atoms with E-state index in [4.69, 9.17) is 11.6 Å². The summed E-state index contributed by atoms with van der Waals surface area (Å²) in [6.07, 6.45) is 1.32. The first kappa shape index (κ1) is 15.2. The number of nitrogens with zero attached hydrogens (tertiary/aromatic N) is 1. The fourth-order valence-corrected chi connectivity index (χ4v) is 2.42. The van der Waals surface area contributed by atoms with Crippen LogP contribution in [0, 0.1) is 10.1 Å². The monoisotopic (exact) mass is 323 g/mol. The van der Waals surface area contributed by atoms with Crippen LogP contribution in [-0.4, -0.2) is 15.1 Å². The molecular weight excluding hydrogens is 314 g/mol. The second-order valence-electron chi connectivity index (χ2n) is 4.04. The van der Waals surface area contributed by atoms with Crippen molar-refractivity contribution in [2.75, 3.05) is 0 Å². The Morgan fingerprint density at radius 2 is 1.81 bits per heavy atom. The molecule has 0 amide bonds. The molecule has 2 aromatic rings. The molecule has 0 aromatic heterocycles. The van der Waals surface area contributed by atoms with Gasteiger partial charge in [-0.05, 0) is 53.7 Å². The van der Waals surface area contributed by atoms with E-state index >= 15 is 0 Å². The van der Waals surface area contributed by atoms with Crippen LogP contribution in [0.25, 0.3) is 6.08 Å². The van der Waals surface area contributed by atoms with Gasteiger partial charge in [0.05, 0.1) is 4.92 Å². The number of rotatable bonds is 4. The van der Waals surface area contributed by atoms with Gasteiger partial charge in [0.2, 0.25) is 0 Å². The average Bonchev–Trinajstić information content (AvgIpc) is 2.44. The van der Waals surface area contributed by atoms with Crippen molar-refractivity contribution in [2.24, 2.45) is 0 Å². The summed E-state index contributed by atoms with van der Waals surface area (Å²) in [7, 11) is 0. The molecule has 0 aliphatic carbocycles. The number of hydrogen-bond acceptors (Lipinski definition) is 5. The van der Waals surface area contributed by atoms with Gasteiger partial charge in [-0.1, -0.05) is 17.7 Å². The lowest BCUT2D eigenvalue weighted by atomic mass is 10.2. The molecule has 0 bridgehead atoms. The minimum Gasteiger partial charge on any atom is -0.504 e. The van der Waals surface area contributed by atoms with Crippen molar-refractivity contribution < 1.29 is 15.1 Å². The summed E-state index contributed by atoms with van der Waals surface area (Å²) in [4.78, 5) is 11.3. The Kier molecular flexibility index (Phi) is 4.72. The zero-order chi connectivity index (χ0) is 15.4. The van der Waals surface area contributed by atoms with Crippen molar-refractivity contribution in [3.05, 3.63) is 68.2 Å². The Morgan fingerprint density at radius 3 is 2.38 bits per heavy atom. The first-order valence-corrected chi connectivity index (χ1v) is 6.96. The van der Waals surface area contributed by atoms with E-state index in [2.05, 4.69) is 0 Å². The molecule has 0 spiro atoms. The maximum atomic E-state index is 11.1. The molecule has 0 saturated heterocycles. The van der Waals surface area contributed by atoms with E-state index in [0.717, 1.165) is 11.8 Å². The Morgan fingerprint density at radius 1 is 1.14 bits per heavy atom. The largest absolute Gasteiger partial charge is 0.504 e. The third-order valence-electron chi connectivity index (χ3n) is 2.51. The molecule has 2 aromatic carbocycles. The maximum Gasteiger partial charge on any atom is 0.308 e. The van der Waals surface area contributed by atoms with Crippen LogP contribution in [-0.2, 0) is 0 Å². The Labute approximate surface area is 129 Å². The highest BCUT2D eigenvalue weighted by molar-refractivity contribution is 8.03. The summed E-state index contributed by atoms with van der Waals surface area (Å²) in [5.74, 6) is -0.608. The molecule has 0 aliphatic heterocycles. The van der Waals surface area contributed by atoms with Crippen LogP contribution in [0.5, 0.6) is 11.5 Å². The number of nitro groups is 1. The minimum atomic E-state index is -0.511. The van der Waals surface area contributed by atoms with Crippen LogP contribution in [0.15, 0.2) is 52.4 Å². The fraction of sp³-hybridized carbons (Fsp3) is 0. The number of phenols is 2. The van der Waals surface area contributed by atoms with Crippen LogP contribution < -0.4 is 0 Å². The summed E-state index contributed by atoms with van der Waals surface area (Å²) < 4.78 is 0. The molecule has 0 heterocycles. The second-order valence-corrected chi connectivity index (χ2v) is 5.57. The molecule has 0 aliphatic rings. The molecule has 108 valence electrons. The highest BCUT2D eigenvalue weighted by Crippen LogP contribution is 2.31. The van der Waals surface area contributed by atoms with E-state index in [1.807, 2.05) is 0 Å². The van der Waals surface area contributed by atoms with Crippen LogP contribution in [0.1, 0.15) is 5.56 Å². The van der Waals surface area contributed by atoms with Crippen LogP contribution in [0.4, 0.5) is 0 Å². The van der Waals surface area contributed by atoms with Gasteiger partial charge in [0.15, 0.2) is 11.5 Å². The number of phenolic OH excluding ortho intramolecular Hbond substituents is 2. The topological polar surface area (TPSA) is 83.6 Å². The van der Waals surface area contributed by atoms with Gasteiger partial charge in [-0.25, -0.2) is 0 Å². The average molecular weight is 324 g/mol. The van der Waals surface area contributed by atoms with Gasteiger partial charge in [0.1, 0.15) is 0 Å². The third-order valence-corrected chi connectivity index (χ3v) is 3.74. The molecule has 5 nitrogen and oxygen atoms in total. The van der Waals surface area contributed by atoms with Crippen LogP contribution >= 0.6 is 23.4 Å². The van der Waals surface area contributed by atoms with Gasteiger partial charge in [-0.3, -0.25) is 10.1 Å². The number of aromatic hydroxyl groups is 2. The van der Waals surface area contributed by atoms with Crippen molar-refractivity contribution in [3.8, 4) is 11.5 Å². The summed E-state index contributed by atoms with van der Waals surface area (Å²) in [6.45, 7) is 0. The second kappa shape index (κ2) is 6.51. The molecule has 21 heavy (non-hydrogen) atoms. The maximum absolute atomic E-state index is 11.1. The summed E-state index contributed by atoms with van der Waals surface area (Å²) in [6, 6.07) is 10.6. The first-order valence-electron chi connectivity index (χ1n) is 5.77. The lowest BCUT2D eigenvalue weighted by Crippen LogP contribution is -1.94. The zero-order valence-electron chi connectivity index (χ0n) is 10.6. The lowest BCUT2D eigenvalue weighted by molar-refractivity contribution is -0.408. The van der Waals surface area contributed by atoms with Crippen molar-refractivity contribution in [2.45, 2.75) is 4.90 Å². The van der Waals surface area contributed by atoms with Crippen LogP contribution in [0.2, 0.25) is 5.02 Å². The number of thioether (sulfide) groups is 1. The van der Waals surface area contributed by atoms with Gasteiger partial charge in [0, 0.05) is 16.0 Å². The molecule has 7 heteroatoms. The van der Waals surface area contributed by atoms with Crippen molar-refractivity contribution in [1.82, 2.24) is 0 Å². The fourth-order valence-electron chi connectivity index (χ4n) is 1.52. The van der Waals surface area contributed by atoms with E-state index < -0.39 is 4.92 Å². The van der Waals surface area contributed by atoms with Crippen molar-refractivity contribution in [3.63, 3.8) is 0 Å². The van der Waals surface area contributed by atoms with E-state index in [9.17, 15) is 20.3 Å². The summed E-state index contributed by atoms with van der Waals surface area (Å²) in [5.41, 5.74) is 0.415. The van der Waals surface area contributed by atoms with Crippen molar-refractivity contribution >= 4 is 29.4 Å². The predicted octanol–water partition coefficient (Wildman–Crippen LogP) is 4.12.